The van der Waals surface area contributed by atoms with Crippen molar-refractivity contribution in [1.29, 1.82) is 0 Å². The van der Waals surface area contributed by atoms with Gasteiger partial charge in [-0.1, -0.05) is 48.5 Å². The molecule has 0 bridgehead atoms. The predicted molar refractivity (Wildman–Crippen MR) is 125 cm³/mol. The van der Waals surface area contributed by atoms with Crippen LogP contribution < -0.4 is 9.44 Å². The van der Waals surface area contributed by atoms with E-state index in [1.165, 1.54) is 36.4 Å². The Morgan fingerprint density at radius 2 is 1.30 bits per heavy atom. The molecule has 168 valence electrons. The Bertz CT molecular complexity index is 1560. The number of benzene rings is 4. The Morgan fingerprint density at radius 1 is 0.667 bits per heavy atom. The molecule has 11 heteroatoms. The molecule has 0 radical (unpaired) electrons. The standard InChI is InChI=1S/C22H17N3O6S2/c26-25(27)21-10-3-4-11-22(21)33(30,31)23-17-12-14-18(15-13-17)32(28,29)24-20-9-5-7-16-6-1-2-8-19(16)20/h1-15,23-24H. The molecule has 0 saturated heterocycles. The zero-order chi connectivity index (χ0) is 23.6. The largest absolute Gasteiger partial charge is 0.289 e. The van der Waals surface area contributed by atoms with Gasteiger partial charge in [-0.2, -0.15) is 0 Å². The van der Waals surface area contributed by atoms with Gasteiger partial charge in [-0.05, 0) is 41.8 Å². The second-order valence-electron chi connectivity index (χ2n) is 6.99. The number of sulfonamides is 2. The van der Waals surface area contributed by atoms with Crippen molar-refractivity contribution in [2.45, 2.75) is 9.79 Å². The summed E-state index contributed by atoms with van der Waals surface area (Å²) in [7, 11) is -8.22. The number of hydrogen-bond acceptors (Lipinski definition) is 6. The molecule has 0 fully saturated rings. The fourth-order valence-electron chi connectivity index (χ4n) is 3.27. The molecule has 0 spiro atoms. The van der Waals surface area contributed by atoms with E-state index in [-0.39, 0.29) is 10.6 Å². The molecule has 0 amide bonds. The highest BCUT2D eigenvalue weighted by atomic mass is 32.2. The van der Waals surface area contributed by atoms with Crippen molar-refractivity contribution in [2.24, 2.45) is 0 Å². The van der Waals surface area contributed by atoms with Gasteiger partial charge in [0, 0.05) is 17.1 Å². The van der Waals surface area contributed by atoms with Gasteiger partial charge in [0.25, 0.3) is 25.7 Å². The molecule has 33 heavy (non-hydrogen) atoms. The van der Waals surface area contributed by atoms with Gasteiger partial charge in [0.1, 0.15) is 0 Å². The van der Waals surface area contributed by atoms with Crippen LogP contribution in [0.5, 0.6) is 0 Å². The SMILES string of the molecule is O=[N+]([O-])c1ccccc1S(=O)(=O)Nc1ccc(S(=O)(=O)Nc2cccc3ccccc23)cc1. The number of para-hydroxylation sites is 1. The Morgan fingerprint density at radius 3 is 2.03 bits per heavy atom. The van der Waals surface area contributed by atoms with Crippen molar-refractivity contribution in [1.82, 2.24) is 0 Å². The van der Waals surface area contributed by atoms with Crippen molar-refractivity contribution in [3.63, 3.8) is 0 Å². The van der Waals surface area contributed by atoms with Crippen LogP contribution in [-0.4, -0.2) is 21.8 Å². The molecule has 0 unspecified atom stereocenters. The maximum absolute atomic E-state index is 12.9. The number of anilines is 2. The molecule has 0 aromatic heterocycles. The minimum absolute atomic E-state index is 0.0530. The van der Waals surface area contributed by atoms with Crippen molar-refractivity contribution in [3.8, 4) is 0 Å². The van der Waals surface area contributed by atoms with Crippen LogP contribution in [0.25, 0.3) is 10.8 Å². The van der Waals surface area contributed by atoms with Crippen LogP contribution in [0.3, 0.4) is 0 Å². The lowest BCUT2D eigenvalue weighted by Gasteiger charge is -2.12. The van der Waals surface area contributed by atoms with Gasteiger partial charge >= 0.3 is 0 Å². The highest BCUT2D eigenvalue weighted by Crippen LogP contribution is 2.28. The zero-order valence-electron chi connectivity index (χ0n) is 16.9. The van der Waals surface area contributed by atoms with Gasteiger partial charge in [-0.15, -0.1) is 0 Å². The summed E-state index contributed by atoms with van der Waals surface area (Å²) < 4.78 is 55.8. The van der Waals surface area contributed by atoms with Crippen LogP contribution in [0.15, 0.2) is 101 Å². The van der Waals surface area contributed by atoms with Crippen molar-refractivity contribution >= 4 is 47.9 Å². The average molecular weight is 484 g/mol. The maximum atomic E-state index is 12.9. The average Bonchev–Trinajstić information content (AvgIpc) is 2.79. The molecule has 4 aromatic carbocycles. The van der Waals surface area contributed by atoms with E-state index in [0.717, 1.165) is 22.9 Å². The second kappa shape index (κ2) is 8.52. The van der Waals surface area contributed by atoms with E-state index in [4.69, 9.17) is 0 Å². The third kappa shape index (κ3) is 4.64. The molecule has 4 rings (SSSR count). The number of nitro benzene ring substituents is 1. The van der Waals surface area contributed by atoms with Crippen LogP contribution in [0.2, 0.25) is 0 Å². The summed E-state index contributed by atoms with van der Waals surface area (Å²) in [5.74, 6) is 0. The minimum atomic E-state index is -4.27. The molecule has 0 saturated carbocycles. The normalized spacial score (nSPS) is 11.8. The lowest BCUT2D eigenvalue weighted by molar-refractivity contribution is -0.387. The number of hydrogen-bond donors (Lipinski definition) is 2. The molecule has 4 aromatic rings. The molecule has 9 nitrogen and oxygen atoms in total. The highest BCUT2D eigenvalue weighted by molar-refractivity contribution is 7.93. The Balaban J connectivity index is 1.59. The molecular formula is C22H17N3O6S2. The van der Waals surface area contributed by atoms with Gasteiger partial charge in [-0.25, -0.2) is 16.8 Å². The van der Waals surface area contributed by atoms with Gasteiger partial charge in [-0.3, -0.25) is 19.6 Å². The highest BCUT2D eigenvalue weighted by Gasteiger charge is 2.25. The van der Waals surface area contributed by atoms with E-state index in [1.807, 2.05) is 18.2 Å². The number of rotatable bonds is 7. The number of nitrogens with one attached hydrogen (secondary N) is 2. The van der Waals surface area contributed by atoms with E-state index in [2.05, 4.69) is 9.44 Å². The fraction of sp³-hybridized carbons (Fsp3) is 0. The van der Waals surface area contributed by atoms with Crippen LogP contribution >= 0.6 is 0 Å². The Hall–Kier alpha value is -3.96. The Labute approximate surface area is 190 Å². The quantitative estimate of drug-likeness (QED) is 0.296. The summed E-state index contributed by atoms with van der Waals surface area (Å²) in [5.41, 5.74) is -0.102. The zero-order valence-corrected chi connectivity index (χ0v) is 18.5. The number of nitrogens with zero attached hydrogens (tertiary/aromatic N) is 1. The molecule has 0 aliphatic heterocycles. The number of nitro groups is 1. The molecule has 0 aliphatic carbocycles. The Kier molecular flexibility index (Phi) is 5.75. The lowest BCUT2D eigenvalue weighted by Crippen LogP contribution is -2.15. The summed E-state index contributed by atoms with van der Waals surface area (Å²) in [5, 5.41) is 12.8. The van der Waals surface area contributed by atoms with Crippen LogP contribution in [0.4, 0.5) is 17.1 Å². The van der Waals surface area contributed by atoms with Gasteiger partial charge in [0.05, 0.1) is 15.5 Å². The first-order valence-corrected chi connectivity index (χ1v) is 12.5. The summed E-state index contributed by atoms with van der Waals surface area (Å²) in [4.78, 5) is 9.78. The monoisotopic (exact) mass is 483 g/mol. The molecule has 0 atom stereocenters. The summed E-state index contributed by atoms with van der Waals surface area (Å²) >= 11 is 0. The van der Waals surface area contributed by atoms with Crippen molar-refractivity contribution in [2.75, 3.05) is 9.44 Å². The minimum Gasteiger partial charge on any atom is -0.279 e. The third-order valence-corrected chi connectivity index (χ3v) is 7.61. The maximum Gasteiger partial charge on any atom is 0.289 e. The summed E-state index contributed by atoms with van der Waals surface area (Å²) in [6.07, 6.45) is 0. The lowest BCUT2D eigenvalue weighted by atomic mass is 10.1. The van der Waals surface area contributed by atoms with Crippen LogP contribution in [0.1, 0.15) is 0 Å². The van der Waals surface area contributed by atoms with E-state index < -0.39 is 35.6 Å². The smallest absolute Gasteiger partial charge is 0.279 e. The van der Waals surface area contributed by atoms with E-state index in [9.17, 15) is 26.9 Å². The fourth-order valence-corrected chi connectivity index (χ4v) is 5.58. The first-order valence-electron chi connectivity index (χ1n) is 9.54. The van der Waals surface area contributed by atoms with E-state index >= 15 is 0 Å². The predicted octanol–water partition coefficient (Wildman–Crippen LogP) is 4.35. The van der Waals surface area contributed by atoms with E-state index in [0.29, 0.717) is 5.69 Å². The van der Waals surface area contributed by atoms with E-state index in [1.54, 1.807) is 24.3 Å². The molecule has 2 N–H and O–H groups in total. The molecule has 0 aliphatic rings. The number of fused-ring (bicyclic) bond motifs is 1. The molecular weight excluding hydrogens is 466 g/mol. The second-order valence-corrected chi connectivity index (χ2v) is 10.3. The van der Waals surface area contributed by atoms with Crippen molar-refractivity contribution in [3.05, 3.63) is 101 Å². The summed E-state index contributed by atoms with van der Waals surface area (Å²) in [6.45, 7) is 0. The van der Waals surface area contributed by atoms with Gasteiger partial charge in [0.15, 0.2) is 4.90 Å². The van der Waals surface area contributed by atoms with Crippen LogP contribution in [-0.2, 0) is 20.0 Å². The topological polar surface area (TPSA) is 135 Å². The van der Waals surface area contributed by atoms with Crippen LogP contribution in [0, 0.1) is 10.1 Å². The van der Waals surface area contributed by atoms with Crippen molar-refractivity contribution < 1.29 is 21.8 Å². The van der Waals surface area contributed by atoms with Gasteiger partial charge < -0.3 is 0 Å². The summed E-state index contributed by atoms with van der Waals surface area (Å²) in [6, 6.07) is 22.5. The van der Waals surface area contributed by atoms with Gasteiger partial charge in [0.2, 0.25) is 0 Å². The molecule has 0 heterocycles. The first kappa shape index (κ1) is 22.2. The first-order chi connectivity index (χ1) is 15.7. The third-order valence-electron chi connectivity index (χ3n) is 4.80.